The Morgan fingerprint density at radius 2 is 1.91 bits per heavy atom. The molecule has 2 aromatic rings. The number of carbonyl (C=O) groups is 2. The molecule has 1 saturated heterocycles. The van der Waals surface area contributed by atoms with Gasteiger partial charge in [0.05, 0.1) is 5.41 Å². The molecule has 5 nitrogen and oxygen atoms in total. The van der Waals surface area contributed by atoms with Gasteiger partial charge in [-0.2, -0.15) is 0 Å². The van der Waals surface area contributed by atoms with Crippen molar-refractivity contribution in [3.8, 4) is 0 Å². The topological polar surface area (TPSA) is 75.4 Å². The minimum atomic E-state index is -0.739. The van der Waals surface area contributed by atoms with E-state index < -0.39 is 17.4 Å². The first-order chi connectivity index (χ1) is 15.3. The Bertz CT molecular complexity index is 1000. The van der Waals surface area contributed by atoms with Gasteiger partial charge in [-0.05, 0) is 67.6 Å². The van der Waals surface area contributed by atoms with E-state index in [2.05, 4.69) is 21.2 Å². The summed E-state index contributed by atoms with van der Waals surface area (Å²) in [6.07, 6.45) is 3.51. The predicted molar refractivity (Wildman–Crippen MR) is 131 cm³/mol. The summed E-state index contributed by atoms with van der Waals surface area (Å²) in [6, 6.07) is 12.2. The van der Waals surface area contributed by atoms with Gasteiger partial charge in [-0.1, -0.05) is 57.3 Å². The monoisotopic (exact) mass is 537 g/mol. The molecule has 0 unspecified atom stereocenters. The van der Waals surface area contributed by atoms with Crippen LogP contribution in [-0.4, -0.2) is 41.9 Å². The normalized spacial score (nSPS) is 20.4. The van der Waals surface area contributed by atoms with Crippen LogP contribution in [0, 0.1) is 0 Å². The van der Waals surface area contributed by atoms with Crippen molar-refractivity contribution in [1.29, 1.82) is 0 Å². The van der Waals surface area contributed by atoms with Crippen molar-refractivity contribution in [2.75, 3.05) is 13.1 Å². The van der Waals surface area contributed by atoms with Crippen LogP contribution in [0.3, 0.4) is 0 Å². The lowest BCUT2D eigenvalue weighted by molar-refractivity contribution is -0.144. The fourth-order valence-electron chi connectivity index (χ4n) is 4.66. The quantitative estimate of drug-likeness (QED) is 0.546. The van der Waals surface area contributed by atoms with Crippen LogP contribution < -0.4 is 11.1 Å². The smallest absolute Gasteiger partial charge is 0.240 e. The van der Waals surface area contributed by atoms with E-state index in [0.717, 1.165) is 35.0 Å². The first-order valence-electron chi connectivity index (χ1n) is 10.8. The number of piperidine rings is 1. The van der Waals surface area contributed by atoms with Crippen LogP contribution in [0.5, 0.6) is 0 Å². The first kappa shape index (κ1) is 23.6. The maximum atomic E-state index is 14.1. The number of carbonyl (C=O) groups excluding carboxylic acids is 2. The molecule has 2 amide bonds. The number of nitrogens with two attached hydrogens (primary N) is 1. The zero-order valence-corrected chi connectivity index (χ0v) is 20.7. The van der Waals surface area contributed by atoms with Gasteiger partial charge in [0.1, 0.15) is 6.04 Å². The van der Waals surface area contributed by atoms with E-state index >= 15 is 0 Å². The first-order valence-corrected chi connectivity index (χ1v) is 12.4. The molecule has 170 valence electrons. The lowest BCUT2D eigenvalue weighted by atomic mass is 9.90. The van der Waals surface area contributed by atoms with Crippen LogP contribution in [-0.2, 0) is 21.4 Å². The Morgan fingerprint density at radius 3 is 2.47 bits per heavy atom. The van der Waals surface area contributed by atoms with Crippen molar-refractivity contribution in [2.45, 2.75) is 49.6 Å². The summed E-state index contributed by atoms with van der Waals surface area (Å²) in [6.45, 7) is 1.54. The van der Waals surface area contributed by atoms with Crippen molar-refractivity contribution in [3.05, 3.63) is 68.1 Å². The largest absolute Gasteiger partial charge is 0.368 e. The highest BCUT2D eigenvalue weighted by Gasteiger charge is 2.56. The highest BCUT2D eigenvalue weighted by Crippen LogP contribution is 2.52. The number of benzene rings is 2. The lowest BCUT2D eigenvalue weighted by Crippen LogP contribution is -2.59. The minimum Gasteiger partial charge on any atom is -0.368 e. The average molecular weight is 539 g/mol. The van der Waals surface area contributed by atoms with Gasteiger partial charge in [0, 0.05) is 33.5 Å². The summed E-state index contributed by atoms with van der Waals surface area (Å²) in [5.74, 6) is -0.568. The second-order valence-electron chi connectivity index (χ2n) is 8.67. The van der Waals surface area contributed by atoms with E-state index in [1.54, 1.807) is 17.0 Å². The minimum absolute atomic E-state index is 0.0728. The SMILES string of the molecule is NC(=O)[C@H](Cc1ccc(Br)cc1)N(C(=O)C1(c2ccc(Cl)cc2Cl)CC1)[C@H]1CCCNC1. The molecule has 0 radical (unpaired) electrons. The number of rotatable bonds is 7. The van der Waals surface area contributed by atoms with Crippen molar-refractivity contribution in [1.82, 2.24) is 10.2 Å². The van der Waals surface area contributed by atoms with Gasteiger partial charge in [0.15, 0.2) is 0 Å². The van der Waals surface area contributed by atoms with Crippen LogP contribution in [0.25, 0.3) is 0 Å². The molecule has 0 aromatic heterocycles. The molecule has 0 bridgehead atoms. The van der Waals surface area contributed by atoms with Crippen molar-refractivity contribution >= 4 is 50.9 Å². The standard InChI is InChI=1S/C24H26BrCl2N3O2/c25-16-5-3-15(4-6-16)12-21(22(28)31)30(18-2-1-11-29-14-18)23(32)24(9-10-24)19-8-7-17(26)13-20(19)27/h3-8,13,18,21,29H,1-2,9-12,14H2,(H2,28,31)/t18-,21-/m0/s1. The Balaban J connectivity index is 1.71. The number of nitrogens with one attached hydrogen (secondary N) is 1. The summed E-state index contributed by atoms with van der Waals surface area (Å²) in [5.41, 5.74) is 6.90. The van der Waals surface area contributed by atoms with Crippen LogP contribution in [0.2, 0.25) is 10.0 Å². The zero-order valence-electron chi connectivity index (χ0n) is 17.6. The van der Waals surface area contributed by atoms with Crippen LogP contribution in [0.15, 0.2) is 46.9 Å². The Kier molecular flexibility index (Phi) is 7.15. The molecule has 4 rings (SSSR count). The van der Waals surface area contributed by atoms with E-state index in [4.69, 9.17) is 28.9 Å². The third-order valence-electron chi connectivity index (χ3n) is 6.51. The third kappa shape index (κ3) is 4.84. The average Bonchev–Trinajstić information content (AvgIpc) is 3.57. The summed E-state index contributed by atoms with van der Waals surface area (Å²) >= 11 is 16.0. The lowest BCUT2D eigenvalue weighted by Gasteiger charge is -2.41. The van der Waals surface area contributed by atoms with E-state index in [1.807, 2.05) is 30.3 Å². The van der Waals surface area contributed by atoms with Gasteiger partial charge in [0.25, 0.3) is 0 Å². The van der Waals surface area contributed by atoms with Gasteiger partial charge in [-0.3, -0.25) is 9.59 Å². The Morgan fingerprint density at radius 1 is 1.19 bits per heavy atom. The van der Waals surface area contributed by atoms with E-state index in [-0.39, 0.29) is 11.9 Å². The number of nitrogens with zero attached hydrogens (tertiary/aromatic N) is 1. The van der Waals surface area contributed by atoms with Crippen molar-refractivity contribution in [3.63, 3.8) is 0 Å². The Labute approximate surface area is 206 Å². The highest BCUT2D eigenvalue weighted by atomic mass is 79.9. The molecular formula is C24H26BrCl2N3O2. The van der Waals surface area contributed by atoms with Gasteiger partial charge in [0.2, 0.25) is 11.8 Å². The summed E-state index contributed by atoms with van der Waals surface area (Å²) < 4.78 is 0.954. The highest BCUT2D eigenvalue weighted by molar-refractivity contribution is 9.10. The molecule has 1 aliphatic heterocycles. The molecule has 32 heavy (non-hydrogen) atoms. The summed E-state index contributed by atoms with van der Waals surface area (Å²) in [4.78, 5) is 28.6. The van der Waals surface area contributed by atoms with Crippen LogP contribution in [0.1, 0.15) is 36.8 Å². The third-order valence-corrected chi connectivity index (χ3v) is 7.59. The molecule has 2 fully saturated rings. The van der Waals surface area contributed by atoms with Crippen molar-refractivity contribution < 1.29 is 9.59 Å². The van der Waals surface area contributed by atoms with Crippen molar-refractivity contribution in [2.24, 2.45) is 5.73 Å². The molecule has 1 aliphatic carbocycles. The molecule has 2 aromatic carbocycles. The van der Waals surface area contributed by atoms with Crippen LogP contribution in [0.4, 0.5) is 0 Å². The van der Waals surface area contributed by atoms with E-state index in [9.17, 15) is 9.59 Å². The Hall–Kier alpha value is -1.60. The van der Waals surface area contributed by atoms with Gasteiger partial charge >= 0.3 is 0 Å². The number of hydrogen-bond acceptors (Lipinski definition) is 3. The van der Waals surface area contributed by atoms with Gasteiger partial charge in [-0.15, -0.1) is 0 Å². The molecule has 3 N–H and O–H groups in total. The summed E-state index contributed by atoms with van der Waals surface area (Å²) in [5, 5.41) is 4.38. The fraction of sp³-hybridized carbons (Fsp3) is 0.417. The number of amides is 2. The molecule has 8 heteroatoms. The van der Waals surface area contributed by atoms with E-state index in [0.29, 0.717) is 35.9 Å². The molecular weight excluding hydrogens is 513 g/mol. The predicted octanol–water partition coefficient (Wildman–Crippen LogP) is 4.46. The molecule has 1 saturated carbocycles. The maximum Gasteiger partial charge on any atom is 0.240 e. The number of hydrogen-bond donors (Lipinski definition) is 2. The fourth-order valence-corrected chi connectivity index (χ4v) is 5.51. The van der Waals surface area contributed by atoms with Gasteiger partial charge < -0.3 is 16.0 Å². The summed E-state index contributed by atoms with van der Waals surface area (Å²) in [7, 11) is 0. The molecule has 2 atom stereocenters. The maximum absolute atomic E-state index is 14.1. The number of primary amides is 1. The molecule has 0 spiro atoms. The zero-order chi connectivity index (χ0) is 22.9. The second kappa shape index (κ2) is 9.72. The number of halogens is 3. The second-order valence-corrected chi connectivity index (χ2v) is 10.4. The van der Waals surface area contributed by atoms with E-state index in [1.165, 1.54) is 0 Å². The van der Waals surface area contributed by atoms with Crippen LogP contribution >= 0.6 is 39.1 Å². The van der Waals surface area contributed by atoms with Gasteiger partial charge in [-0.25, -0.2) is 0 Å². The molecule has 1 heterocycles. The molecule has 2 aliphatic rings.